The van der Waals surface area contributed by atoms with Gasteiger partial charge in [-0.1, -0.05) is 122 Å². The van der Waals surface area contributed by atoms with Crippen molar-refractivity contribution in [2.24, 2.45) is 11.8 Å². The molecule has 44 heavy (non-hydrogen) atoms. The van der Waals surface area contributed by atoms with E-state index in [0.717, 1.165) is 29.1 Å². The highest BCUT2D eigenvalue weighted by atomic mass is 15.1. The Labute approximate surface area is 261 Å². The summed E-state index contributed by atoms with van der Waals surface area (Å²) in [7, 11) is 0. The van der Waals surface area contributed by atoms with E-state index < -0.39 is 0 Å². The van der Waals surface area contributed by atoms with Crippen molar-refractivity contribution in [1.29, 1.82) is 0 Å². The van der Waals surface area contributed by atoms with E-state index in [1.807, 2.05) is 0 Å². The van der Waals surface area contributed by atoms with E-state index in [9.17, 15) is 0 Å². The van der Waals surface area contributed by atoms with Crippen molar-refractivity contribution in [3.8, 4) is 33.4 Å². The average molecular weight is 568 g/mol. The third-order valence-corrected chi connectivity index (χ3v) is 9.98. The molecule has 0 spiro atoms. The SMILES string of the molecule is c1ccc(-c2ccc(N(c3ccc(-c4cccc(-c5ccccc5)c4)cc3)c3ccc(C4CC5CCC4C5)cc3)cc2)cc1. The molecule has 0 radical (unpaired) electrons. The largest absolute Gasteiger partial charge is 0.311 e. The molecule has 8 rings (SSSR count). The first-order chi connectivity index (χ1) is 21.8. The maximum Gasteiger partial charge on any atom is 0.0462 e. The molecule has 0 N–H and O–H groups in total. The number of benzene rings is 6. The molecule has 0 aliphatic heterocycles. The van der Waals surface area contributed by atoms with Crippen LogP contribution in [0, 0.1) is 11.8 Å². The summed E-state index contributed by atoms with van der Waals surface area (Å²) >= 11 is 0. The van der Waals surface area contributed by atoms with E-state index in [-0.39, 0.29) is 0 Å². The van der Waals surface area contributed by atoms with Crippen molar-refractivity contribution in [2.75, 3.05) is 4.90 Å². The molecule has 0 saturated heterocycles. The third kappa shape index (κ3) is 5.24. The Morgan fingerprint density at radius 3 is 1.34 bits per heavy atom. The maximum absolute atomic E-state index is 2.40. The normalized spacial score (nSPS) is 18.8. The van der Waals surface area contributed by atoms with E-state index in [0.29, 0.717) is 0 Å². The number of anilines is 3. The highest BCUT2D eigenvalue weighted by Gasteiger charge is 2.40. The molecule has 3 unspecified atom stereocenters. The molecule has 2 bridgehead atoms. The Bertz CT molecular complexity index is 1840. The fraction of sp³-hybridized carbons (Fsp3) is 0.163. The van der Waals surface area contributed by atoms with E-state index in [2.05, 4.69) is 163 Å². The van der Waals surface area contributed by atoms with Crippen molar-refractivity contribution < 1.29 is 0 Å². The molecular formula is C43H37N. The fourth-order valence-electron chi connectivity index (χ4n) is 7.72. The molecule has 214 valence electrons. The van der Waals surface area contributed by atoms with Gasteiger partial charge in [0.05, 0.1) is 0 Å². The van der Waals surface area contributed by atoms with Gasteiger partial charge >= 0.3 is 0 Å². The molecule has 6 aromatic rings. The van der Waals surface area contributed by atoms with Gasteiger partial charge in [0.15, 0.2) is 0 Å². The van der Waals surface area contributed by atoms with Crippen LogP contribution < -0.4 is 4.90 Å². The van der Waals surface area contributed by atoms with Gasteiger partial charge in [-0.15, -0.1) is 0 Å². The number of hydrogen-bond acceptors (Lipinski definition) is 1. The summed E-state index contributed by atoms with van der Waals surface area (Å²) in [6.07, 6.45) is 5.67. The van der Waals surface area contributed by atoms with Gasteiger partial charge in [-0.25, -0.2) is 0 Å². The van der Waals surface area contributed by atoms with Gasteiger partial charge in [0, 0.05) is 17.1 Å². The molecule has 2 aliphatic rings. The monoisotopic (exact) mass is 567 g/mol. The fourth-order valence-corrected chi connectivity index (χ4v) is 7.72. The summed E-state index contributed by atoms with van der Waals surface area (Å²) in [5, 5.41) is 0. The summed E-state index contributed by atoms with van der Waals surface area (Å²) in [5.41, 5.74) is 12.4. The zero-order chi connectivity index (χ0) is 29.3. The zero-order valence-corrected chi connectivity index (χ0v) is 25.0. The minimum Gasteiger partial charge on any atom is -0.311 e. The summed E-state index contributed by atoms with van der Waals surface area (Å²) in [4.78, 5) is 2.39. The number of hydrogen-bond donors (Lipinski definition) is 0. The first-order valence-corrected chi connectivity index (χ1v) is 16.1. The van der Waals surface area contributed by atoms with Gasteiger partial charge < -0.3 is 4.90 Å². The molecule has 2 fully saturated rings. The smallest absolute Gasteiger partial charge is 0.0462 e. The van der Waals surface area contributed by atoms with Gasteiger partial charge in [0.1, 0.15) is 0 Å². The van der Waals surface area contributed by atoms with Crippen molar-refractivity contribution in [2.45, 2.75) is 31.6 Å². The third-order valence-electron chi connectivity index (χ3n) is 9.98. The zero-order valence-electron chi connectivity index (χ0n) is 25.0. The van der Waals surface area contributed by atoms with Crippen LogP contribution in [-0.2, 0) is 0 Å². The topological polar surface area (TPSA) is 3.24 Å². The van der Waals surface area contributed by atoms with Crippen LogP contribution in [-0.4, -0.2) is 0 Å². The standard InChI is InChI=1S/C43H37N/c1-3-8-32(9-4-1)34-16-22-40(23-17-34)44(42-26-20-36(21-27-42)43-29-31-14-15-39(43)28-31)41-24-18-35(19-25-41)38-13-7-12-37(30-38)33-10-5-2-6-11-33/h1-13,16-27,30-31,39,43H,14-15,28-29H2. The first-order valence-electron chi connectivity index (χ1n) is 16.1. The lowest BCUT2D eigenvalue weighted by Gasteiger charge is -2.27. The van der Waals surface area contributed by atoms with Gasteiger partial charge in [-0.2, -0.15) is 0 Å². The molecule has 1 heteroatoms. The Morgan fingerprint density at radius 1 is 0.386 bits per heavy atom. The van der Waals surface area contributed by atoms with Crippen LogP contribution in [0.5, 0.6) is 0 Å². The summed E-state index contributed by atoms with van der Waals surface area (Å²) < 4.78 is 0. The molecule has 2 aliphatic carbocycles. The highest BCUT2D eigenvalue weighted by molar-refractivity contribution is 5.80. The molecule has 2 saturated carbocycles. The first kappa shape index (κ1) is 26.7. The van der Waals surface area contributed by atoms with E-state index >= 15 is 0 Å². The molecular weight excluding hydrogens is 530 g/mol. The highest BCUT2D eigenvalue weighted by Crippen LogP contribution is 2.53. The van der Waals surface area contributed by atoms with Crippen LogP contribution in [0.25, 0.3) is 33.4 Å². The lowest BCUT2D eigenvalue weighted by molar-refractivity contribution is 0.420. The van der Waals surface area contributed by atoms with Crippen LogP contribution in [0.4, 0.5) is 17.1 Å². The van der Waals surface area contributed by atoms with Crippen molar-refractivity contribution in [3.05, 3.63) is 163 Å². The van der Waals surface area contributed by atoms with Gasteiger partial charge in [-0.05, 0) is 118 Å². The summed E-state index contributed by atoms with van der Waals surface area (Å²) in [6.45, 7) is 0. The van der Waals surface area contributed by atoms with Crippen molar-refractivity contribution in [3.63, 3.8) is 0 Å². The Hall–Kier alpha value is -4.88. The second-order valence-corrected chi connectivity index (χ2v) is 12.6. The second-order valence-electron chi connectivity index (χ2n) is 12.6. The van der Waals surface area contributed by atoms with Crippen LogP contribution in [0.3, 0.4) is 0 Å². The van der Waals surface area contributed by atoms with Crippen LogP contribution in [0.2, 0.25) is 0 Å². The molecule has 0 heterocycles. The molecule has 1 nitrogen and oxygen atoms in total. The average Bonchev–Trinajstić information content (AvgIpc) is 3.75. The van der Waals surface area contributed by atoms with E-state index in [1.165, 1.54) is 70.3 Å². The Morgan fingerprint density at radius 2 is 0.841 bits per heavy atom. The van der Waals surface area contributed by atoms with Crippen LogP contribution in [0.15, 0.2) is 158 Å². The van der Waals surface area contributed by atoms with Gasteiger partial charge in [0.2, 0.25) is 0 Å². The molecule has 0 amide bonds. The number of rotatable bonds is 7. The van der Waals surface area contributed by atoms with E-state index in [4.69, 9.17) is 0 Å². The Kier molecular flexibility index (Phi) is 7.08. The van der Waals surface area contributed by atoms with Crippen molar-refractivity contribution >= 4 is 17.1 Å². The van der Waals surface area contributed by atoms with Crippen molar-refractivity contribution in [1.82, 2.24) is 0 Å². The molecule has 6 aromatic carbocycles. The lowest BCUT2D eigenvalue weighted by Crippen LogP contribution is -2.11. The minimum absolute atomic E-state index is 0.743. The van der Waals surface area contributed by atoms with Gasteiger partial charge in [-0.3, -0.25) is 0 Å². The quantitative estimate of drug-likeness (QED) is 0.185. The molecule has 3 atom stereocenters. The predicted octanol–water partition coefficient (Wildman–Crippen LogP) is 12.1. The number of fused-ring (bicyclic) bond motifs is 2. The maximum atomic E-state index is 2.40. The molecule has 0 aromatic heterocycles. The summed E-state index contributed by atoms with van der Waals surface area (Å²) in [6, 6.07) is 57.6. The number of nitrogens with zero attached hydrogens (tertiary/aromatic N) is 1. The Balaban J connectivity index is 1.13. The van der Waals surface area contributed by atoms with Crippen LogP contribution in [0.1, 0.15) is 37.2 Å². The van der Waals surface area contributed by atoms with Gasteiger partial charge in [0.25, 0.3) is 0 Å². The second kappa shape index (κ2) is 11.7. The minimum atomic E-state index is 0.743. The van der Waals surface area contributed by atoms with Crippen LogP contribution >= 0.6 is 0 Å². The lowest BCUT2D eigenvalue weighted by atomic mass is 9.83. The predicted molar refractivity (Wildman–Crippen MR) is 186 cm³/mol. The van der Waals surface area contributed by atoms with E-state index in [1.54, 1.807) is 0 Å². The summed E-state index contributed by atoms with van der Waals surface area (Å²) in [5.74, 6) is 2.59.